The average Bonchev–Trinajstić information content (AvgIpc) is 3.36. The molecular formula is C23H15FN4O7. The van der Waals surface area contributed by atoms with E-state index in [0.717, 1.165) is 22.1 Å². The maximum atomic E-state index is 13.5. The van der Waals surface area contributed by atoms with Gasteiger partial charge in [-0.05, 0) is 36.4 Å². The van der Waals surface area contributed by atoms with Crippen LogP contribution < -0.4 is 9.96 Å². The van der Waals surface area contributed by atoms with Crippen LogP contribution in [0.15, 0.2) is 72.8 Å². The molecule has 176 valence electrons. The zero-order chi connectivity index (χ0) is 24.9. The number of hydrogen-bond acceptors (Lipinski definition) is 8. The van der Waals surface area contributed by atoms with E-state index in [1.165, 1.54) is 54.6 Å². The number of halogens is 1. The van der Waals surface area contributed by atoms with E-state index >= 15 is 0 Å². The molecule has 35 heavy (non-hydrogen) atoms. The number of para-hydroxylation sites is 1. The highest BCUT2D eigenvalue weighted by Crippen LogP contribution is 2.49. The van der Waals surface area contributed by atoms with Crippen LogP contribution in [0.1, 0.15) is 11.6 Å². The van der Waals surface area contributed by atoms with Crippen LogP contribution in [0, 0.1) is 32.0 Å². The first-order valence-corrected chi connectivity index (χ1v) is 10.3. The normalized spacial score (nSPS) is 21.3. The molecule has 2 fully saturated rings. The van der Waals surface area contributed by atoms with Gasteiger partial charge in [-0.2, -0.15) is 0 Å². The molecule has 0 spiro atoms. The highest BCUT2D eigenvalue weighted by Gasteiger charge is 2.61. The Morgan fingerprint density at radius 3 is 2.23 bits per heavy atom. The molecule has 0 radical (unpaired) electrons. The number of carbonyl (C=O) groups excluding carboxylic acids is 2. The van der Waals surface area contributed by atoms with Gasteiger partial charge >= 0.3 is 0 Å². The van der Waals surface area contributed by atoms with Gasteiger partial charge in [0.25, 0.3) is 17.3 Å². The zero-order valence-corrected chi connectivity index (χ0v) is 17.7. The Morgan fingerprint density at radius 2 is 1.54 bits per heavy atom. The number of rotatable bonds is 5. The molecule has 0 bridgehead atoms. The van der Waals surface area contributed by atoms with Crippen LogP contribution in [0.5, 0.6) is 0 Å². The van der Waals surface area contributed by atoms with Gasteiger partial charge in [0.2, 0.25) is 5.91 Å². The molecule has 12 heteroatoms. The molecule has 2 heterocycles. The molecule has 0 unspecified atom stereocenters. The summed E-state index contributed by atoms with van der Waals surface area (Å²) in [6.45, 7) is 0. The van der Waals surface area contributed by atoms with Gasteiger partial charge in [-0.3, -0.25) is 34.7 Å². The fourth-order valence-electron chi connectivity index (χ4n) is 4.45. The molecule has 3 aromatic carbocycles. The van der Waals surface area contributed by atoms with Crippen molar-refractivity contribution in [3.63, 3.8) is 0 Å². The van der Waals surface area contributed by atoms with Crippen molar-refractivity contribution in [3.8, 4) is 0 Å². The molecule has 0 aromatic heterocycles. The standard InChI is InChI=1S/C23H15FN4O7/c24-13-8-10-14(11-9-13)25-22(29)19-20(17-6-1-2-7-18(17)28(33)34)26(35-21(19)23(25)30)15-4-3-5-16(12-15)27(31)32/h1-12,19-21H/t19-,20-,21-/m1/s1. The number of amides is 2. The number of fused-ring (bicyclic) bond motifs is 1. The number of benzene rings is 3. The van der Waals surface area contributed by atoms with E-state index in [0.29, 0.717) is 0 Å². The smallest absolute Gasteiger partial charge is 0.273 e. The van der Waals surface area contributed by atoms with Gasteiger partial charge < -0.3 is 0 Å². The molecule has 0 saturated carbocycles. The molecule has 2 aliphatic heterocycles. The number of imide groups is 1. The predicted octanol–water partition coefficient (Wildman–Crippen LogP) is 3.69. The molecule has 2 amide bonds. The Labute approximate surface area is 196 Å². The highest BCUT2D eigenvalue weighted by molar-refractivity contribution is 6.24. The molecule has 0 N–H and O–H groups in total. The summed E-state index contributed by atoms with van der Waals surface area (Å²) in [5.41, 5.74) is -0.209. The first-order chi connectivity index (χ1) is 16.8. The molecule has 2 saturated heterocycles. The molecule has 5 rings (SSSR count). The second-order valence-corrected chi connectivity index (χ2v) is 7.90. The second kappa shape index (κ2) is 8.25. The van der Waals surface area contributed by atoms with Crippen molar-refractivity contribution in [2.24, 2.45) is 5.92 Å². The Balaban J connectivity index is 1.64. The minimum Gasteiger partial charge on any atom is -0.273 e. The van der Waals surface area contributed by atoms with Crippen molar-refractivity contribution in [1.29, 1.82) is 0 Å². The summed E-state index contributed by atoms with van der Waals surface area (Å²) < 4.78 is 13.4. The lowest BCUT2D eigenvalue weighted by Crippen LogP contribution is -2.37. The summed E-state index contributed by atoms with van der Waals surface area (Å²) in [6.07, 6.45) is -1.35. The van der Waals surface area contributed by atoms with E-state index in [9.17, 15) is 34.2 Å². The first kappa shape index (κ1) is 22.1. The SMILES string of the molecule is O=C1[C@@H]2[C@@H](c3ccccc3[N+](=O)[O-])N(c3cccc([N+](=O)[O-])c3)O[C@H]2C(=O)N1c1ccc(F)cc1. The minimum atomic E-state index is -1.35. The quantitative estimate of drug-likeness (QED) is 0.308. The number of nitro groups is 2. The van der Waals surface area contributed by atoms with Gasteiger partial charge in [-0.15, -0.1) is 0 Å². The Kier molecular flexibility index (Phi) is 5.21. The summed E-state index contributed by atoms with van der Waals surface area (Å²) in [6, 6.07) is 14.6. The lowest BCUT2D eigenvalue weighted by atomic mass is 9.89. The van der Waals surface area contributed by atoms with Gasteiger partial charge in [-0.25, -0.2) is 14.4 Å². The maximum absolute atomic E-state index is 13.5. The predicted molar refractivity (Wildman–Crippen MR) is 119 cm³/mol. The summed E-state index contributed by atoms with van der Waals surface area (Å²) in [5, 5.41) is 24.2. The van der Waals surface area contributed by atoms with Gasteiger partial charge in [0, 0.05) is 18.2 Å². The number of nitrogens with zero attached hydrogens (tertiary/aromatic N) is 4. The van der Waals surface area contributed by atoms with Gasteiger partial charge in [0.15, 0.2) is 6.10 Å². The maximum Gasteiger partial charge on any atom is 0.274 e. The number of carbonyl (C=O) groups is 2. The summed E-state index contributed by atoms with van der Waals surface area (Å²) in [4.78, 5) is 55.4. The lowest BCUT2D eigenvalue weighted by molar-refractivity contribution is -0.385. The van der Waals surface area contributed by atoms with Crippen molar-refractivity contribution in [2.75, 3.05) is 9.96 Å². The molecule has 11 nitrogen and oxygen atoms in total. The van der Waals surface area contributed by atoms with E-state index < -0.39 is 45.5 Å². The van der Waals surface area contributed by atoms with E-state index in [1.54, 1.807) is 6.07 Å². The highest BCUT2D eigenvalue weighted by atomic mass is 19.1. The average molecular weight is 478 g/mol. The summed E-state index contributed by atoms with van der Waals surface area (Å²) in [7, 11) is 0. The number of hydrogen-bond donors (Lipinski definition) is 0. The fraction of sp³-hybridized carbons (Fsp3) is 0.130. The van der Waals surface area contributed by atoms with Crippen LogP contribution in [0.2, 0.25) is 0 Å². The third-order valence-electron chi connectivity index (χ3n) is 5.95. The number of anilines is 2. The third kappa shape index (κ3) is 3.56. The van der Waals surface area contributed by atoms with Crippen LogP contribution in [-0.4, -0.2) is 27.8 Å². The Hall–Kier alpha value is -4.71. The van der Waals surface area contributed by atoms with E-state index in [2.05, 4.69) is 0 Å². The Morgan fingerprint density at radius 1 is 0.829 bits per heavy atom. The van der Waals surface area contributed by atoms with Gasteiger partial charge in [0.05, 0.1) is 26.8 Å². The number of non-ortho nitro benzene ring substituents is 1. The van der Waals surface area contributed by atoms with Crippen LogP contribution >= 0.6 is 0 Å². The second-order valence-electron chi connectivity index (χ2n) is 7.90. The molecule has 2 aliphatic rings. The fourth-order valence-corrected chi connectivity index (χ4v) is 4.45. The lowest BCUT2D eigenvalue weighted by Gasteiger charge is -2.28. The van der Waals surface area contributed by atoms with Crippen LogP contribution in [0.4, 0.5) is 27.1 Å². The van der Waals surface area contributed by atoms with Crippen molar-refractivity contribution in [1.82, 2.24) is 0 Å². The minimum absolute atomic E-state index is 0.0959. The summed E-state index contributed by atoms with van der Waals surface area (Å²) in [5.74, 6) is -3.18. The molecule has 0 aliphatic carbocycles. The number of hydroxylamine groups is 1. The zero-order valence-electron chi connectivity index (χ0n) is 17.7. The topological polar surface area (TPSA) is 136 Å². The van der Waals surface area contributed by atoms with Crippen molar-refractivity contribution < 1.29 is 28.7 Å². The van der Waals surface area contributed by atoms with Crippen molar-refractivity contribution >= 4 is 34.6 Å². The van der Waals surface area contributed by atoms with Crippen LogP contribution in [-0.2, 0) is 14.4 Å². The monoisotopic (exact) mass is 478 g/mol. The molecule has 3 aromatic rings. The third-order valence-corrected chi connectivity index (χ3v) is 5.95. The molecular weight excluding hydrogens is 463 g/mol. The first-order valence-electron chi connectivity index (χ1n) is 10.3. The van der Waals surface area contributed by atoms with Gasteiger partial charge in [-0.1, -0.05) is 18.2 Å². The van der Waals surface area contributed by atoms with Crippen molar-refractivity contribution in [2.45, 2.75) is 12.1 Å². The van der Waals surface area contributed by atoms with Gasteiger partial charge in [0.1, 0.15) is 17.8 Å². The largest absolute Gasteiger partial charge is 0.274 e. The van der Waals surface area contributed by atoms with Crippen LogP contribution in [0.25, 0.3) is 0 Å². The molecule has 3 atom stereocenters. The Bertz CT molecular complexity index is 1380. The van der Waals surface area contributed by atoms with E-state index in [4.69, 9.17) is 4.84 Å². The number of nitro benzene ring substituents is 2. The van der Waals surface area contributed by atoms with Crippen LogP contribution in [0.3, 0.4) is 0 Å². The van der Waals surface area contributed by atoms with E-state index in [1.807, 2.05) is 0 Å². The van der Waals surface area contributed by atoms with Crippen molar-refractivity contribution in [3.05, 3.63) is 104 Å². The summed E-state index contributed by atoms with van der Waals surface area (Å²) >= 11 is 0. The van der Waals surface area contributed by atoms with E-state index in [-0.39, 0.29) is 28.3 Å².